The molecule has 0 aromatic rings. The highest BCUT2D eigenvalue weighted by Crippen LogP contribution is 2.03. The zero-order chi connectivity index (χ0) is 9.56. The summed E-state index contributed by atoms with van der Waals surface area (Å²) in [6.07, 6.45) is 0.872. The molecule has 0 saturated heterocycles. The van der Waals surface area contributed by atoms with E-state index in [0.29, 0.717) is 0 Å². The Kier molecular flexibility index (Phi) is 5.12. The zero-order valence-corrected chi connectivity index (χ0v) is 7.55. The largest absolute Gasteiger partial charge is 0.465 e. The first-order valence-corrected chi connectivity index (χ1v) is 3.61. The van der Waals surface area contributed by atoms with Gasteiger partial charge in [0.25, 0.3) is 0 Å². The Balaban J connectivity index is 4.15. The summed E-state index contributed by atoms with van der Waals surface area (Å²) in [6.45, 7) is 1.89. The van der Waals surface area contributed by atoms with Crippen molar-refractivity contribution < 1.29 is 19.1 Å². The van der Waals surface area contributed by atoms with Gasteiger partial charge >= 0.3 is 11.9 Å². The second-order valence-electron chi connectivity index (χ2n) is 1.74. The Morgan fingerprint density at radius 3 is 2.50 bits per heavy atom. The number of ether oxygens (including phenoxy) is 2. The number of hydrogen-bond acceptors (Lipinski definition) is 4. The minimum absolute atomic E-state index is 0.237. The van der Waals surface area contributed by atoms with Crippen molar-refractivity contribution in [3.63, 3.8) is 0 Å². The summed E-state index contributed by atoms with van der Waals surface area (Å²) < 4.78 is 8.74. The molecule has 0 heterocycles. The second-order valence-corrected chi connectivity index (χ2v) is 2.14. The highest BCUT2D eigenvalue weighted by molar-refractivity contribution is 6.42. The molecule has 12 heavy (non-hydrogen) atoms. The summed E-state index contributed by atoms with van der Waals surface area (Å²) in [5.74, 6) is -1.42. The summed E-state index contributed by atoms with van der Waals surface area (Å²) in [4.78, 5) is 21.3. The van der Waals surface area contributed by atoms with Gasteiger partial charge in [-0.05, 0) is 6.92 Å². The van der Waals surface area contributed by atoms with E-state index in [-0.39, 0.29) is 11.6 Å². The third-order valence-corrected chi connectivity index (χ3v) is 1.17. The number of hydrogen-bond donors (Lipinski definition) is 0. The van der Waals surface area contributed by atoms with E-state index in [9.17, 15) is 9.59 Å². The molecule has 0 spiro atoms. The lowest BCUT2D eigenvalue weighted by molar-refractivity contribution is -0.139. The highest BCUT2D eigenvalue weighted by Gasteiger charge is 2.08. The molecule has 0 unspecified atom stereocenters. The molecule has 0 aromatic heterocycles. The van der Waals surface area contributed by atoms with Gasteiger partial charge in [0.2, 0.25) is 0 Å². The molecule has 0 bridgehead atoms. The zero-order valence-electron chi connectivity index (χ0n) is 6.80. The van der Waals surface area contributed by atoms with E-state index in [1.165, 1.54) is 7.11 Å². The fourth-order valence-corrected chi connectivity index (χ4v) is 0.610. The maximum Gasteiger partial charge on any atom is 0.349 e. The number of esters is 2. The van der Waals surface area contributed by atoms with Crippen LogP contribution >= 0.6 is 11.6 Å². The van der Waals surface area contributed by atoms with Gasteiger partial charge in [-0.2, -0.15) is 0 Å². The Hall–Kier alpha value is -1.03. The van der Waals surface area contributed by atoms with Crippen LogP contribution in [0, 0.1) is 0 Å². The molecule has 0 aliphatic rings. The van der Waals surface area contributed by atoms with Crippen LogP contribution in [-0.4, -0.2) is 25.7 Å². The van der Waals surface area contributed by atoms with Crippen molar-refractivity contribution in [2.24, 2.45) is 0 Å². The van der Waals surface area contributed by atoms with Gasteiger partial charge < -0.3 is 9.47 Å². The quantitative estimate of drug-likeness (QED) is 0.491. The van der Waals surface area contributed by atoms with Gasteiger partial charge in [-0.25, -0.2) is 9.59 Å². The molecule has 0 rings (SSSR count). The van der Waals surface area contributed by atoms with Crippen LogP contribution in [-0.2, 0) is 19.1 Å². The van der Waals surface area contributed by atoms with E-state index >= 15 is 0 Å². The number of carbonyl (C=O) groups is 2. The SMILES string of the molecule is CCOC(=O)C=C(Cl)C(=O)OC. The van der Waals surface area contributed by atoms with Crippen molar-refractivity contribution in [2.75, 3.05) is 13.7 Å². The molecule has 0 aliphatic heterocycles. The number of methoxy groups -OCH3 is 1. The van der Waals surface area contributed by atoms with Gasteiger partial charge in [0.15, 0.2) is 0 Å². The minimum Gasteiger partial charge on any atom is -0.465 e. The number of carbonyl (C=O) groups excluding carboxylic acids is 2. The Morgan fingerprint density at radius 2 is 2.08 bits per heavy atom. The molecule has 0 aliphatic carbocycles. The van der Waals surface area contributed by atoms with Gasteiger partial charge in [0.05, 0.1) is 13.7 Å². The van der Waals surface area contributed by atoms with E-state index in [1.54, 1.807) is 6.92 Å². The van der Waals surface area contributed by atoms with Crippen molar-refractivity contribution in [3.8, 4) is 0 Å². The molecule has 0 aromatic carbocycles. The minimum atomic E-state index is -0.760. The van der Waals surface area contributed by atoms with Crippen LogP contribution in [0.25, 0.3) is 0 Å². The van der Waals surface area contributed by atoms with Gasteiger partial charge in [-0.15, -0.1) is 0 Å². The van der Waals surface area contributed by atoms with Gasteiger partial charge in [0.1, 0.15) is 5.03 Å². The van der Waals surface area contributed by atoms with Gasteiger partial charge in [0, 0.05) is 6.08 Å². The molecular formula is C7H9ClO4. The fraction of sp³-hybridized carbons (Fsp3) is 0.429. The van der Waals surface area contributed by atoms with Crippen LogP contribution in [0.15, 0.2) is 11.1 Å². The van der Waals surface area contributed by atoms with Gasteiger partial charge in [-0.3, -0.25) is 0 Å². The monoisotopic (exact) mass is 192 g/mol. The molecule has 0 saturated carbocycles. The molecular weight excluding hydrogens is 184 g/mol. The lowest BCUT2D eigenvalue weighted by Crippen LogP contribution is -2.05. The Morgan fingerprint density at radius 1 is 1.50 bits per heavy atom. The molecule has 0 radical (unpaired) electrons. The lowest BCUT2D eigenvalue weighted by Gasteiger charge is -1.97. The predicted octanol–water partition coefficient (Wildman–Crippen LogP) is 0.845. The molecule has 5 heteroatoms. The molecule has 0 fully saturated rings. The Bertz CT molecular complexity index is 209. The summed E-state index contributed by atoms with van der Waals surface area (Å²) in [5.41, 5.74) is 0. The first-order valence-electron chi connectivity index (χ1n) is 3.24. The van der Waals surface area contributed by atoms with Crippen molar-refractivity contribution in [3.05, 3.63) is 11.1 Å². The normalized spacial score (nSPS) is 10.8. The molecule has 4 nitrogen and oxygen atoms in total. The first-order chi connectivity index (χ1) is 5.61. The maximum atomic E-state index is 10.7. The van der Waals surface area contributed by atoms with E-state index < -0.39 is 11.9 Å². The van der Waals surface area contributed by atoms with E-state index in [2.05, 4.69) is 9.47 Å². The van der Waals surface area contributed by atoms with E-state index in [4.69, 9.17) is 11.6 Å². The summed E-state index contributed by atoms with van der Waals surface area (Å²) in [6, 6.07) is 0. The smallest absolute Gasteiger partial charge is 0.349 e. The summed E-state index contributed by atoms with van der Waals surface area (Å²) in [7, 11) is 1.17. The van der Waals surface area contributed by atoms with E-state index in [1.807, 2.05) is 0 Å². The van der Waals surface area contributed by atoms with Crippen molar-refractivity contribution in [1.29, 1.82) is 0 Å². The molecule has 0 N–H and O–H groups in total. The average Bonchev–Trinajstić information content (AvgIpc) is 2.03. The topological polar surface area (TPSA) is 52.6 Å². The Labute approximate surface area is 75.1 Å². The molecule has 68 valence electrons. The summed E-state index contributed by atoms with van der Waals surface area (Å²) in [5, 5.41) is -0.295. The third-order valence-electron chi connectivity index (χ3n) is 0.912. The fourth-order valence-electron chi connectivity index (χ4n) is 0.444. The first kappa shape index (κ1) is 11.0. The molecule has 0 atom stereocenters. The highest BCUT2D eigenvalue weighted by atomic mass is 35.5. The van der Waals surface area contributed by atoms with Crippen LogP contribution < -0.4 is 0 Å². The van der Waals surface area contributed by atoms with Crippen LogP contribution in [0.1, 0.15) is 6.92 Å². The number of halogens is 1. The van der Waals surface area contributed by atoms with E-state index in [0.717, 1.165) is 6.08 Å². The lowest BCUT2D eigenvalue weighted by atomic mass is 10.5. The third kappa shape index (κ3) is 3.98. The average molecular weight is 193 g/mol. The second kappa shape index (κ2) is 5.60. The summed E-state index contributed by atoms with van der Waals surface area (Å²) >= 11 is 5.35. The van der Waals surface area contributed by atoms with Crippen LogP contribution in [0.3, 0.4) is 0 Å². The van der Waals surface area contributed by atoms with Crippen LogP contribution in [0.4, 0.5) is 0 Å². The standard InChI is InChI=1S/C7H9ClO4/c1-3-12-6(9)4-5(8)7(10)11-2/h4H,3H2,1-2H3. The number of rotatable bonds is 3. The molecule has 0 amide bonds. The predicted molar refractivity (Wildman–Crippen MR) is 42.6 cm³/mol. The van der Waals surface area contributed by atoms with Crippen molar-refractivity contribution in [2.45, 2.75) is 6.92 Å². The maximum absolute atomic E-state index is 10.7. The van der Waals surface area contributed by atoms with Crippen molar-refractivity contribution >= 4 is 23.5 Å². The van der Waals surface area contributed by atoms with Crippen LogP contribution in [0.5, 0.6) is 0 Å². The van der Waals surface area contributed by atoms with Gasteiger partial charge in [-0.1, -0.05) is 11.6 Å². The van der Waals surface area contributed by atoms with Crippen LogP contribution in [0.2, 0.25) is 0 Å². The van der Waals surface area contributed by atoms with Crippen molar-refractivity contribution in [1.82, 2.24) is 0 Å².